The van der Waals surface area contributed by atoms with Crippen LogP contribution in [0.3, 0.4) is 0 Å². The lowest BCUT2D eigenvalue weighted by Gasteiger charge is -2.16. The molecule has 5 heteroatoms. The number of halogens is 1. The molecule has 2 aromatic carbocycles. The minimum Gasteiger partial charge on any atom is -0.345 e. The van der Waals surface area contributed by atoms with Gasteiger partial charge in [0.1, 0.15) is 5.82 Å². The molecule has 0 radical (unpaired) electrons. The van der Waals surface area contributed by atoms with Crippen molar-refractivity contribution in [3.05, 3.63) is 65.0 Å². The zero-order valence-corrected chi connectivity index (χ0v) is 12.0. The van der Waals surface area contributed by atoms with Gasteiger partial charge in [-0.15, -0.1) is 0 Å². The number of aryl methyl sites for hydroxylation is 1. The van der Waals surface area contributed by atoms with Crippen molar-refractivity contribution < 1.29 is 9.18 Å². The maximum atomic E-state index is 13.6. The Morgan fingerprint density at radius 3 is 2.62 bits per heavy atom. The first-order chi connectivity index (χ1) is 10.0. The van der Waals surface area contributed by atoms with E-state index in [1.807, 2.05) is 0 Å². The van der Waals surface area contributed by atoms with Gasteiger partial charge in [-0.1, -0.05) is 24.3 Å². The SMILES string of the molecule is Cc1ccc(C(C)NC(=O)c2ccccc2NN)cc1F. The summed E-state index contributed by atoms with van der Waals surface area (Å²) < 4.78 is 13.6. The predicted octanol–water partition coefficient (Wildman–Crippen LogP) is 2.91. The Bertz CT molecular complexity index is 658. The van der Waals surface area contributed by atoms with Gasteiger partial charge in [0, 0.05) is 0 Å². The fourth-order valence-corrected chi connectivity index (χ4v) is 2.04. The number of amides is 1. The van der Waals surface area contributed by atoms with Crippen LogP contribution in [-0.4, -0.2) is 5.91 Å². The highest BCUT2D eigenvalue weighted by atomic mass is 19.1. The van der Waals surface area contributed by atoms with Crippen LogP contribution in [-0.2, 0) is 0 Å². The van der Waals surface area contributed by atoms with Gasteiger partial charge < -0.3 is 10.7 Å². The molecule has 4 nitrogen and oxygen atoms in total. The van der Waals surface area contributed by atoms with Crippen molar-refractivity contribution in [3.8, 4) is 0 Å². The lowest BCUT2D eigenvalue weighted by atomic mass is 10.1. The third-order valence-corrected chi connectivity index (χ3v) is 3.37. The number of hydrazine groups is 1. The van der Waals surface area contributed by atoms with E-state index in [-0.39, 0.29) is 17.8 Å². The smallest absolute Gasteiger partial charge is 0.253 e. The number of nitrogen functional groups attached to an aromatic ring is 1. The van der Waals surface area contributed by atoms with Crippen molar-refractivity contribution in [2.75, 3.05) is 5.43 Å². The van der Waals surface area contributed by atoms with Gasteiger partial charge in [0.05, 0.1) is 17.3 Å². The van der Waals surface area contributed by atoms with E-state index < -0.39 is 0 Å². The highest BCUT2D eigenvalue weighted by Crippen LogP contribution is 2.19. The summed E-state index contributed by atoms with van der Waals surface area (Å²) in [6, 6.07) is 11.6. The number of carbonyl (C=O) groups excluding carboxylic acids is 1. The van der Waals surface area contributed by atoms with Crippen LogP contribution in [0.4, 0.5) is 10.1 Å². The quantitative estimate of drug-likeness (QED) is 0.598. The summed E-state index contributed by atoms with van der Waals surface area (Å²) in [6.45, 7) is 3.51. The number of para-hydroxylation sites is 1. The average Bonchev–Trinajstić information content (AvgIpc) is 2.49. The Labute approximate surface area is 123 Å². The number of hydrogen-bond acceptors (Lipinski definition) is 3. The van der Waals surface area contributed by atoms with Crippen LogP contribution in [0.2, 0.25) is 0 Å². The zero-order chi connectivity index (χ0) is 15.4. The number of carbonyl (C=O) groups is 1. The summed E-state index contributed by atoms with van der Waals surface area (Å²) in [5.41, 5.74) is 4.76. The van der Waals surface area contributed by atoms with Crippen LogP contribution >= 0.6 is 0 Å². The monoisotopic (exact) mass is 287 g/mol. The van der Waals surface area contributed by atoms with E-state index in [1.54, 1.807) is 50.2 Å². The first kappa shape index (κ1) is 15.0. The van der Waals surface area contributed by atoms with E-state index in [0.29, 0.717) is 22.4 Å². The highest BCUT2D eigenvalue weighted by Gasteiger charge is 2.15. The summed E-state index contributed by atoms with van der Waals surface area (Å²) in [5, 5.41) is 2.83. The van der Waals surface area contributed by atoms with E-state index in [0.717, 1.165) is 0 Å². The standard InChI is InChI=1S/C16H18FN3O/c1-10-7-8-12(9-14(10)17)11(2)19-16(21)13-5-3-4-6-15(13)20-18/h3-9,11,20H,18H2,1-2H3,(H,19,21). The van der Waals surface area contributed by atoms with Crippen molar-refractivity contribution in [1.29, 1.82) is 0 Å². The van der Waals surface area contributed by atoms with Gasteiger partial charge in [0.15, 0.2) is 0 Å². The van der Waals surface area contributed by atoms with Gasteiger partial charge in [-0.05, 0) is 43.2 Å². The molecule has 4 N–H and O–H groups in total. The van der Waals surface area contributed by atoms with Gasteiger partial charge in [-0.25, -0.2) is 4.39 Å². The summed E-state index contributed by atoms with van der Waals surface area (Å²) >= 11 is 0. The van der Waals surface area contributed by atoms with Crippen molar-refractivity contribution in [2.24, 2.45) is 5.84 Å². The van der Waals surface area contributed by atoms with Crippen molar-refractivity contribution in [3.63, 3.8) is 0 Å². The van der Waals surface area contributed by atoms with Gasteiger partial charge >= 0.3 is 0 Å². The van der Waals surface area contributed by atoms with Crippen LogP contribution < -0.4 is 16.6 Å². The molecule has 0 saturated carbocycles. The first-order valence-corrected chi connectivity index (χ1v) is 6.65. The molecule has 110 valence electrons. The molecule has 1 unspecified atom stereocenters. The van der Waals surface area contributed by atoms with Gasteiger partial charge in [-0.3, -0.25) is 10.6 Å². The summed E-state index contributed by atoms with van der Waals surface area (Å²) in [5.74, 6) is 4.84. The van der Waals surface area contributed by atoms with Gasteiger partial charge in [0.2, 0.25) is 0 Å². The molecule has 0 heterocycles. The van der Waals surface area contributed by atoms with Crippen molar-refractivity contribution in [2.45, 2.75) is 19.9 Å². The van der Waals surface area contributed by atoms with Crippen molar-refractivity contribution in [1.82, 2.24) is 5.32 Å². The van der Waals surface area contributed by atoms with E-state index in [1.165, 1.54) is 6.07 Å². The molecular weight excluding hydrogens is 269 g/mol. The fraction of sp³-hybridized carbons (Fsp3) is 0.188. The Balaban J connectivity index is 2.16. The lowest BCUT2D eigenvalue weighted by molar-refractivity contribution is 0.0940. The van der Waals surface area contributed by atoms with Crippen LogP contribution in [0.1, 0.15) is 34.5 Å². The number of nitrogens with one attached hydrogen (secondary N) is 2. The molecular formula is C16H18FN3O. The first-order valence-electron chi connectivity index (χ1n) is 6.65. The molecule has 0 spiro atoms. The maximum Gasteiger partial charge on any atom is 0.253 e. The molecule has 0 aliphatic rings. The molecule has 0 aromatic heterocycles. The Morgan fingerprint density at radius 1 is 1.24 bits per heavy atom. The molecule has 2 aromatic rings. The normalized spacial score (nSPS) is 11.8. The minimum absolute atomic E-state index is 0.267. The third-order valence-electron chi connectivity index (χ3n) is 3.37. The summed E-state index contributed by atoms with van der Waals surface area (Å²) in [4.78, 5) is 12.3. The number of rotatable bonds is 4. The molecule has 1 atom stereocenters. The zero-order valence-electron chi connectivity index (χ0n) is 12.0. The second-order valence-corrected chi connectivity index (χ2v) is 4.89. The number of benzene rings is 2. The second kappa shape index (κ2) is 6.37. The van der Waals surface area contributed by atoms with Crippen LogP contribution in [0.15, 0.2) is 42.5 Å². The maximum absolute atomic E-state index is 13.6. The van der Waals surface area contributed by atoms with Crippen molar-refractivity contribution >= 4 is 11.6 Å². The molecule has 21 heavy (non-hydrogen) atoms. The summed E-state index contributed by atoms with van der Waals surface area (Å²) in [7, 11) is 0. The van der Waals surface area contributed by atoms with E-state index in [2.05, 4.69) is 10.7 Å². The van der Waals surface area contributed by atoms with E-state index in [4.69, 9.17) is 5.84 Å². The largest absolute Gasteiger partial charge is 0.345 e. The van der Waals surface area contributed by atoms with Crippen LogP contribution in [0.25, 0.3) is 0 Å². The van der Waals surface area contributed by atoms with Gasteiger partial charge in [0.25, 0.3) is 5.91 Å². The average molecular weight is 287 g/mol. The van der Waals surface area contributed by atoms with E-state index in [9.17, 15) is 9.18 Å². The van der Waals surface area contributed by atoms with Crippen LogP contribution in [0.5, 0.6) is 0 Å². The van der Waals surface area contributed by atoms with Crippen LogP contribution in [0, 0.1) is 12.7 Å². The number of nitrogens with two attached hydrogens (primary N) is 1. The Kier molecular flexibility index (Phi) is 4.55. The Morgan fingerprint density at radius 2 is 1.95 bits per heavy atom. The van der Waals surface area contributed by atoms with E-state index >= 15 is 0 Å². The molecule has 0 aliphatic heterocycles. The second-order valence-electron chi connectivity index (χ2n) is 4.89. The lowest BCUT2D eigenvalue weighted by Crippen LogP contribution is -2.28. The molecule has 0 fully saturated rings. The molecule has 0 saturated heterocycles. The molecule has 2 rings (SSSR count). The Hall–Kier alpha value is -2.40. The minimum atomic E-state index is -0.307. The molecule has 0 bridgehead atoms. The highest BCUT2D eigenvalue weighted by molar-refractivity contribution is 5.99. The fourth-order valence-electron chi connectivity index (χ4n) is 2.04. The van der Waals surface area contributed by atoms with Gasteiger partial charge in [-0.2, -0.15) is 0 Å². The number of hydrogen-bond donors (Lipinski definition) is 3. The molecule has 0 aliphatic carbocycles. The molecule has 1 amide bonds. The predicted molar refractivity (Wildman–Crippen MR) is 81.3 cm³/mol. The number of anilines is 1. The third kappa shape index (κ3) is 3.38. The summed E-state index contributed by atoms with van der Waals surface area (Å²) in [6.07, 6.45) is 0. The topological polar surface area (TPSA) is 67.2 Å².